The smallest absolute Gasteiger partial charge is 0.241 e. The average molecular weight is 260 g/mol. The lowest BCUT2D eigenvalue weighted by Crippen LogP contribution is -2.43. The van der Waals surface area contributed by atoms with Gasteiger partial charge >= 0.3 is 0 Å². The lowest BCUT2D eigenvalue weighted by molar-refractivity contribution is 0.270. The normalized spacial score (nSPS) is 25.4. The van der Waals surface area contributed by atoms with E-state index in [0.717, 1.165) is 17.7 Å². The summed E-state index contributed by atoms with van der Waals surface area (Å²) in [5, 5.41) is 1.65. The maximum Gasteiger partial charge on any atom is 0.241 e. The van der Waals surface area contributed by atoms with Crippen LogP contribution in [-0.2, 0) is 16.6 Å². The molecule has 0 aliphatic heterocycles. The Labute approximate surface area is 99.9 Å². The van der Waals surface area contributed by atoms with Crippen LogP contribution >= 0.6 is 11.3 Å². The molecule has 0 atom stereocenters. The van der Waals surface area contributed by atoms with Gasteiger partial charge < -0.3 is 5.73 Å². The zero-order valence-electron chi connectivity index (χ0n) is 9.14. The third-order valence-electron chi connectivity index (χ3n) is 2.84. The second-order valence-corrected chi connectivity index (χ2v) is 7.06. The number of thiophene rings is 1. The molecular formula is C10H16N2O2S2. The van der Waals surface area contributed by atoms with Crippen LogP contribution in [0, 0.1) is 5.92 Å². The van der Waals surface area contributed by atoms with Crippen LogP contribution in [-0.4, -0.2) is 14.5 Å². The molecule has 16 heavy (non-hydrogen) atoms. The molecule has 0 spiro atoms. The van der Waals surface area contributed by atoms with Gasteiger partial charge in [-0.2, -0.15) is 0 Å². The molecule has 6 heteroatoms. The molecule has 0 amide bonds. The van der Waals surface area contributed by atoms with Gasteiger partial charge in [0.15, 0.2) is 0 Å². The first kappa shape index (κ1) is 12.0. The van der Waals surface area contributed by atoms with Gasteiger partial charge in [-0.1, -0.05) is 6.92 Å². The van der Waals surface area contributed by atoms with Crippen molar-refractivity contribution in [1.29, 1.82) is 0 Å². The molecule has 1 saturated carbocycles. The lowest BCUT2D eigenvalue weighted by Gasteiger charge is -2.32. The van der Waals surface area contributed by atoms with E-state index in [2.05, 4.69) is 11.6 Å². The fourth-order valence-corrected chi connectivity index (χ4v) is 4.31. The summed E-state index contributed by atoms with van der Waals surface area (Å²) >= 11 is 1.39. The molecule has 1 aliphatic carbocycles. The number of nitrogens with one attached hydrogen (secondary N) is 1. The molecule has 0 unspecified atom stereocenters. The van der Waals surface area contributed by atoms with Crippen molar-refractivity contribution >= 4 is 21.4 Å². The predicted octanol–water partition coefficient (Wildman–Crippen LogP) is 1.28. The van der Waals surface area contributed by atoms with E-state index in [4.69, 9.17) is 5.73 Å². The van der Waals surface area contributed by atoms with Crippen molar-refractivity contribution in [2.75, 3.05) is 0 Å². The highest BCUT2D eigenvalue weighted by molar-refractivity contribution is 7.89. The Morgan fingerprint density at radius 1 is 1.56 bits per heavy atom. The molecule has 1 aromatic rings. The Bertz CT molecular complexity index is 461. The van der Waals surface area contributed by atoms with Crippen LogP contribution in [0.1, 0.15) is 24.6 Å². The predicted molar refractivity (Wildman–Crippen MR) is 64.7 cm³/mol. The van der Waals surface area contributed by atoms with Crippen LogP contribution in [0.5, 0.6) is 0 Å². The number of rotatable bonds is 4. The van der Waals surface area contributed by atoms with Gasteiger partial charge in [0.1, 0.15) is 0 Å². The van der Waals surface area contributed by atoms with Crippen LogP contribution in [0.25, 0.3) is 0 Å². The summed E-state index contributed by atoms with van der Waals surface area (Å²) in [5.74, 6) is 0.634. The van der Waals surface area contributed by atoms with Gasteiger partial charge in [-0.3, -0.25) is 0 Å². The fourth-order valence-electron chi connectivity index (χ4n) is 1.89. The number of nitrogens with two attached hydrogens (primary N) is 1. The molecule has 1 aliphatic rings. The fraction of sp³-hybridized carbons (Fsp3) is 0.600. The van der Waals surface area contributed by atoms with Crippen molar-refractivity contribution in [3.8, 4) is 0 Å². The molecule has 1 aromatic heterocycles. The van der Waals surface area contributed by atoms with Gasteiger partial charge in [-0.05, 0) is 24.8 Å². The molecule has 1 fully saturated rings. The minimum absolute atomic E-state index is 0.112. The maximum atomic E-state index is 11.9. The van der Waals surface area contributed by atoms with E-state index in [9.17, 15) is 8.42 Å². The van der Waals surface area contributed by atoms with Gasteiger partial charge in [0.25, 0.3) is 0 Å². The molecular weight excluding hydrogens is 244 g/mol. The highest BCUT2D eigenvalue weighted by Crippen LogP contribution is 2.28. The van der Waals surface area contributed by atoms with Crippen LogP contribution in [0.3, 0.4) is 0 Å². The molecule has 4 nitrogen and oxygen atoms in total. The van der Waals surface area contributed by atoms with Crippen molar-refractivity contribution < 1.29 is 8.42 Å². The van der Waals surface area contributed by atoms with E-state index in [-0.39, 0.29) is 6.04 Å². The van der Waals surface area contributed by atoms with Crippen LogP contribution in [0.2, 0.25) is 0 Å². The van der Waals surface area contributed by atoms with Gasteiger partial charge in [0.05, 0.1) is 4.90 Å². The molecule has 0 radical (unpaired) electrons. The van der Waals surface area contributed by atoms with Crippen molar-refractivity contribution in [3.63, 3.8) is 0 Å². The highest BCUT2D eigenvalue weighted by Gasteiger charge is 2.30. The Hall–Kier alpha value is -0.430. The Morgan fingerprint density at radius 3 is 2.75 bits per heavy atom. The van der Waals surface area contributed by atoms with Crippen LogP contribution in [0.15, 0.2) is 16.3 Å². The first-order valence-electron chi connectivity index (χ1n) is 5.31. The summed E-state index contributed by atoms with van der Waals surface area (Å²) in [6, 6.07) is 1.76. The summed E-state index contributed by atoms with van der Waals surface area (Å²) in [5.41, 5.74) is 5.46. The van der Waals surface area contributed by atoms with Crippen molar-refractivity contribution in [2.24, 2.45) is 11.7 Å². The molecule has 3 N–H and O–H groups in total. The van der Waals surface area contributed by atoms with E-state index >= 15 is 0 Å². The summed E-state index contributed by atoms with van der Waals surface area (Å²) < 4.78 is 26.6. The summed E-state index contributed by atoms with van der Waals surface area (Å²) in [6.45, 7) is 2.52. The van der Waals surface area contributed by atoms with Gasteiger partial charge in [0, 0.05) is 22.8 Å². The first-order valence-corrected chi connectivity index (χ1v) is 7.67. The Kier molecular flexibility index (Phi) is 3.34. The first-order chi connectivity index (χ1) is 7.51. The molecule has 0 saturated heterocycles. The summed E-state index contributed by atoms with van der Waals surface area (Å²) in [7, 11) is -3.33. The second-order valence-electron chi connectivity index (χ2n) is 4.35. The van der Waals surface area contributed by atoms with Gasteiger partial charge in [-0.15, -0.1) is 11.3 Å². The lowest BCUT2D eigenvalue weighted by atomic mass is 9.83. The van der Waals surface area contributed by atoms with Crippen LogP contribution < -0.4 is 10.5 Å². The van der Waals surface area contributed by atoms with Gasteiger partial charge in [0.2, 0.25) is 10.0 Å². The third-order valence-corrected chi connectivity index (χ3v) is 5.44. The SMILES string of the molecule is CC1CC(NS(=O)(=O)c2csc(CN)c2)C1. The molecule has 90 valence electrons. The third kappa shape index (κ3) is 2.45. The van der Waals surface area contributed by atoms with Crippen LogP contribution in [0.4, 0.5) is 0 Å². The van der Waals surface area contributed by atoms with E-state index in [1.165, 1.54) is 11.3 Å². The molecule has 0 aromatic carbocycles. The largest absolute Gasteiger partial charge is 0.326 e. The minimum atomic E-state index is -3.33. The number of sulfonamides is 1. The monoisotopic (exact) mass is 260 g/mol. The van der Waals surface area contributed by atoms with E-state index in [0.29, 0.717) is 17.4 Å². The van der Waals surface area contributed by atoms with Crippen molar-refractivity contribution in [3.05, 3.63) is 16.3 Å². The number of hydrogen-bond acceptors (Lipinski definition) is 4. The minimum Gasteiger partial charge on any atom is -0.326 e. The second kappa shape index (κ2) is 4.44. The van der Waals surface area contributed by atoms with E-state index in [1.54, 1.807) is 11.4 Å². The van der Waals surface area contributed by atoms with Crippen molar-refractivity contribution in [1.82, 2.24) is 4.72 Å². The zero-order valence-corrected chi connectivity index (χ0v) is 10.8. The van der Waals surface area contributed by atoms with Crippen molar-refractivity contribution in [2.45, 2.75) is 37.2 Å². The summed E-state index contributed by atoms with van der Waals surface area (Å²) in [4.78, 5) is 1.24. The number of hydrogen-bond donors (Lipinski definition) is 2. The quantitative estimate of drug-likeness (QED) is 0.856. The standard InChI is InChI=1S/C10H16N2O2S2/c1-7-2-8(3-7)12-16(13,14)10-4-9(5-11)15-6-10/h4,6-8,12H,2-3,5,11H2,1H3. The molecule has 0 bridgehead atoms. The molecule has 1 heterocycles. The van der Waals surface area contributed by atoms with Gasteiger partial charge in [-0.25, -0.2) is 13.1 Å². The maximum absolute atomic E-state index is 11.9. The topological polar surface area (TPSA) is 72.2 Å². The Morgan fingerprint density at radius 2 is 2.25 bits per heavy atom. The highest BCUT2D eigenvalue weighted by atomic mass is 32.2. The average Bonchev–Trinajstić information content (AvgIpc) is 2.63. The summed E-state index contributed by atoms with van der Waals surface area (Å²) in [6.07, 6.45) is 1.88. The van der Waals surface area contributed by atoms with E-state index in [1.807, 2.05) is 0 Å². The zero-order chi connectivity index (χ0) is 11.8. The Balaban J connectivity index is 2.06. The van der Waals surface area contributed by atoms with E-state index < -0.39 is 10.0 Å². The molecule has 2 rings (SSSR count).